The summed E-state index contributed by atoms with van der Waals surface area (Å²) >= 11 is 0. The van der Waals surface area contributed by atoms with Gasteiger partial charge in [-0.05, 0) is 118 Å². The highest BCUT2D eigenvalue weighted by Gasteiger charge is 2.28. The van der Waals surface area contributed by atoms with Gasteiger partial charge in [0.15, 0.2) is 0 Å². The zero-order valence-corrected chi connectivity index (χ0v) is 38.0. The smallest absolute Gasteiger partial charge is 0.241 e. The Morgan fingerprint density at radius 2 is 1.03 bits per heavy atom. The summed E-state index contributed by atoms with van der Waals surface area (Å²) in [4.78, 5) is 32.5. The lowest BCUT2D eigenvalue weighted by Gasteiger charge is -2.19. The molecule has 0 bridgehead atoms. The zero-order chi connectivity index (χ0) is 46.6. The Hall–Kier alpha value is -6.20. The minimum absolute atomic E-state index is 0.0982. The van der Waals surface area contributed by atoms with Gasteiger partial charge in [-0.15, -0.1) is 0 Å². The maximum atomic E-state index is 13.1. The Kier molecular flexibility index (Phi) is 16.4. The van der Waals surface area contributed by atoms with Crippen LogP contribution in [0.15, 0.2) is 144 Å². The van der Waals surface area contributed by atoms with Crippen molar-refractivity contribution in [1.82, 2.24) is 30.0 Å². The molecule has 65 heavy (non-hydrogen) atoms. The first kappa shape index (κ1) is 48.3. The van der Waals surface area contributed by atoms with E-state index in [4.69, 9.17) is 0 Å². The van der Waals surface area contributed by atoms with Crippen molar-refractivity contribution >= 4 is 53.7 Å². The van der Waals surface area contributed by atoms with Crippen molar-refractivity contribution in [2.24, 2.45) is 0 Å². The number of benzene rings is 5. The standard InChI is InChI=1S/C26H26FN3O3S.C23H28FN3O3S/c1-18-6-12-22(13-7-18)34(32,33)30-25(16-20-17-29-24-5-3-2-4-23(20)24)26(31)28-15-14-19-8-10-21(27)11-9-19;1-16-9-11-19(12-10-16)31(29,30)27-22(23(28)25-13-5-6-17(2)24)14-18-15-26-21-8-4-3-7-20(18)21/h2-13,17,25,29-30H,14-16H2,1H3,(H,28,31);3-4,7-12,15,17,22,26-27H,5-6,13-14H2,1-2H3,(H,25,28)/t25-;17?,22-/m00/s1. The van der Waals surface area contributed by atoms with Crippen molar-refractivity contribution < 1.29 is 35.2 Å². The van der Waals surface area contributed by atoms with Crippen LogP contribution in [0.2, 0.25) is 0 Å². The van der Waals surface area contributed by atoms with Gasteiger partial charge in [-0.1, -0.05) is 83.9 Å². The highest BCUT2D eigenvalue weighted by molar-refractivity contribution is 7.89. The van der Waals surface area contributed by atoms with Gasteiger partial charge in [0.1, 0.15) is 17.9 Å². The predicted octanol–water partition coefficient (Wildman–Crippen LogP) is 7.48. The fourth-order valence-corrected chi connectivity index (χ4v) is 9.58. The van der Waals surface area contributed by atoms with Gasteiger partial charge in [-0.25, -0.2) is 25.6 Å². The Labute approximate surface area is 378 Å². The monoisotopic (exact) mass is 924 g/mol. The van der Waals surface area contributed by atoms with E-state index in [1.165, 1.54) is 43.3 Å². The summed E-state index contributed by atoms with van der Waals surface area (Å²) in [7, 11) is -7.83. The summed E-state index contributed by atoms with van der Waals surface area (Å²) in [6, 6.07) is 32.2. The SMILES string of the molecule is Cc1ccc(S(=O)(=O)N[C@@H](Cc2c[nH]c3ccccc23)C(=O)NCCCC(C)F)cc1.Cc1ccc(S(=O)(=O)N[C@@H](Cc2c[nH]c3ccccc23)C(=O)NCCc2ccc(F)cc2)cc1. The number of fused-ring (bicyclic) bond motifs is 2. The second-order valence-corrected chi connectivity index (χ2v) is 19.4. The van der Waals surface area contributed by atoms with Crippen LogP contribution in [-0.2, 0) is 48.9 Å². The van der Waals surface area contributed by atoms with Crippen molar-refractivity contribution in [1.29, 1.82) is 0 Å². The van der Waals surface area contributed by atoms with Crippen LogP contribution in [0.25, 0.3) is 21.8 Å². The molecule has 5 aromatic carbocycles. The molecule has 12 nitrogen and oxygen atoms in total. The number of carbonyl (C=O) groups excluding carboxylic acids is 2. The molecule has 7 aromatic rings. The summed E-state index contributed by atoms with van der Waals surface area (Å²) in [5, 5.41) is 7.42. The van der Waals surface area contributed by atoms with E-state index in [2.05, 4.69) is 30.0 Å². The zero-order valence-electron chi connectivity index (χ0n) is 36.4. The van der Waals surface area contributed by atoms with Gasteiger partial charge in [0.2, 0.25) is 31.9 Å². The maximum absolute atomic E-state index is 13.1. The quantitative estimate of drug-likeness (QED) is 0.0458. The molecule has 0 aliphatic carbocycles. The number of hydrogen-bond acceptors (Lipinski definition) is 6. The minimum atomic E-state index is -3.92. The molecule has 0 saturated carbocycles. The molecule has 0 aliphatic heterocycles. The molecule has 0 spiro atoms. The minimum Gasteiger partial charge on any atom is -0.361 e. The number of alkyl halides is 1. The number of aryl methyl sites for hydroxylation is 2. The summed E-state index contributed by atoms with van der Waals surface area (Å²) < 4.78 is 83.2. The highest BCUT2D eigenvalue weighted by Crippen LogP contribution is 2.22. The first-order chi connectivity index (χ1) is 31.1. The van der Waals surface area contributed by atoms with E-state index in [0.717, 1.165) is 49.6 Å². The van der Waals surface area contributed by atoms with Crippen LogP contribution in [-0.4, -0.2) is 70.0 Å². The molecule has 6 N–H and O–H groups in total. The number of halogens is 2. The van der Waals surface area contributed by atoms with Gasteiger partial charge in [0.05, 0.1) is 16.0 Å². The lowest BCUT2D eigenvalue weighted by molar-refractivity contribution is -0.123. The second kappa shape index (κ2) is 22.1. The highest BCUT2D eigenvalue weighted by atomic mass is 32.2. The van der Waals surface area contributed by atoms with Crippen LogP contribution >= 0.6 is 0 Å². The van der Waals surface area contributed by atoms with Crippen LogP contribution in [0.4, 0.5) is 8.78 Å². The van der Waals surface area contributed by atoms with Crippen molar-refractivity contribution in [3.05, 3.63) is 167 Å². The van der Waals surface area contributed by atoms with Gasteiger partial charge in [-0.3, -0.25) is 9.59 Å². The molecule has 342 valence electrons. The normalized spacial score (nSPS) is 13.1. The topological polar surface area (TPSA) is 182 Å². The number of nitrogens with one attached hydrogen (secondary N) is 6. The first-order valence-electron chi connectivity index (χ1n) is 21.3. The third-order valence-corrected chi connectivity index (χ3v) is 13.8. The number of aromatic amines is 2. The average molecular weight is 925 g/mol. The third kappa shape index (κ3) is 13.7. The number of para-hydroxylation sites is 2. The summed E-state index contributed by atoms with van der Waals surface area (Å²) in [5.41, 5.74) is 6.24. The summed E-state index contributed by atoms with van der Waals surface area (Å²) in [5.74, 6) is -1.19. The molecule has 7 rings (SSSR count). The third-order valence-electron chi connectivity index (χ3n) is 10.8. The molecule has 0 radical (unpaired) electrons. The molecule has 2 heterocycles. The molecular formula is C49H54F2N6O6S2. The molecule has 2 amide bonds. The van der Waals surface area contributed by atoms with E-state index in [-0.39, 0.29) is 35.0 Å². The number of sulfonamides is 2. The van der Waals surface area contributed by atoms with Crippen LogP contribution in [0.3, 0.4) is 0 Å². The van der Waals surface area contributed by atoms with Crippen molar-refractivity contribution in [3.8, 4) is 0 Å². The Bertz CT molecular complexity index is 2900. The van der Waals surface area contributed by atoms with E-state index >= 15 is 0 Å². The van der Waals surface area contributed by atoms with E-state index in [1.54, 1.807) is 48.8 Å². The van der Waals surface area contributed by atoms with Crippen LogP contribution in [0, 0.1) is 19.7 Å². The van der Waals surface area contributed by atoms with Gasteiger partial charge >= 0.3 is 0 Å². The molecule has 2 aromatic heterocycles. The average Bonchev–Trinajstić information content (AvgIpc) is 3.89. The van der Waals surface area contributed by atoms with E-state index in [9.17, 15) is 35.2 Å². The number of hydrogen-bond donors (Lipinski definition) is 6. The van der Waals surface area contributed by atoms with Crippen molar-refractivity contribution in [2.45, 2.75) is 80.9 Å². The number of H-pyrrole nitrogens is 2. The number of carbonyl (C=O) groups is 2. The lowest BCUT2D eigenvalue weighted by Crippen LogP contribution is -2.48. The maximum Gasteiger partial charge on any atom is 0.241 e. The number of aromatic nitrogens is 2. The largest absolute Gasteiger partial charge is 0.361 e. The van der Waals surface area contributed by atoms with Crippen molar-refractivity contribution in [2.75, 3.05) is 13.1 Å². The fourth-order valence-electron chi connectivity index (χ4n) is 7.18. The molecular weight excluding hydrogens is 871 g/mol. The fraction of sp³-hybridized carbons (Fsp3) is 0.265. The summed E-state index contributed by atoms with van der Waals surface area (Å²) in [6.07, 6.45) is 4.31. The molecule has 1 unspecified atom stereocenters. The van der Waals surface area contributed by atoms with E-state index in [0.29, 0.717) is 25.8 Å². The number of rotatable bonds is 19. The Balaban J connectivity index is 0.000000216. The van der Waals surface area contributed by atoms with Gasteiger partial charge in [-0.2, -0.15) is 9.44 Å². The Morgan fingerprint density at radius 3 is 1.48 bits per heavy atom. The second-order valence-electron chi connectivity index (χ2n) is 16.0. The molecule has 0 saturated heterocycles. The van der Waals surface area contributed by atoms with Gasteiger partial charge in [0.25, 0.3) is 0 Å². The van der Waals surface area contributed by atoms with Crippen LogP contribution < -0.4 is 20.1 Å². The summed E-state index contributed by atoms with van der Waals surface area (Å²) in [6.45, 7) is 5.79. The predicted molar refractivity (Wildman–Crippen MR) is 251 cm³/mol. The van der Waals surface area contributed by atoms with E-state index in [1.807, 2.05) is 62.4 Å². The molecule has 3 atom stereocenters. The lowest BCUT2D eigenvalue weighted by atomic mass is 10.0. The van der Waals surface area contributed by atoms with Crippen LogP contribution in [0.1, 0.15) is 47.6 Å². The van der Waals surface area contributed by atoms with Crippen LogP contribution in [0.5, 0.6) is 0 Å². The number of amides is 2. The molecule has 0 fully saturated rings. The molecule has 16 heteroatoms. The van der Waals surface area contributed by atoms with Gasteiger partial charge in [0, 0.05) is 47.3 Å². The van der Waals surface area contributed by atoms with Crippen molar-refractivity contribution in [3.63, 3.8) is 0 Å². The molecule has 0 aliphatic rings. The Morgan fingerprint density at radius 1 is 0.600 bits per heavy atom. The van der Waals surface area contributed by atoms with E-state index < -0.39 is 50.1 Å². The van der Waals surface area contributed by atoms with Gasteiger partial charge < -0.3 is 20.6 Å². The first-order valence-corrected chi connectivity index (χ1v) is 24.3.